The number of benzene rings is 1. The predicted octanol–water partition coefficient (Wildman–Crippen LogP) is 0.798. The molecule has 1 aromatic carbocycles. The molecule has 0 aromatic heterocycles. The largest absolute Gasteiger partial charge is 0.506 e. The fourth-order valence-corrected chi connectivity index (χ4v) is 1.15. The summed E-state index contributed by atoms with van der Waals surface area (Å²) in [5.41, 5.74) is 9.47. The molecule has 0 atom stereocenters. The van der Waals surface area contributed by atoms with E-state index in [9.17, 15) is 5.11 Å². The van der Waals surface area contributed by atoms with Gasteiger partial charge in [-0.05, 0) is 18.2 Å². The first-order valence-electron chi connectivity index (χ1n) is 4.12. The second kappa shape index (κ2) is 3.29. The van der Waals surface area contributed by atoms with E-state index >= 15 is 0 Å². The average Bonchev–Trinajstić information content (AvgIpc) is 2.23. The van der Waals surface area contributed by atoms with Crippen molar-refractivity contribution in [2.45, 2.75) is 0 Å². The summed E-state index contributed by atoms with van der Waals surface area (Å²) in [6.45, 7) is 0. The molecule has 0 fully saturated rings. The van der Waals surface area contributed by atoms with E-state index in [4.69, 9.17) is 5.73 Å². The SMILES string of the molecule is Nc1c(O)cccc1N1N=CC=CN1. The smallest absolute Gasteiger partial charge is 0.140 e. The number of para-hydroxylation sites is 1. The summed E-state index contributed by atoms with van der Waals surface area (Å²) in [5, 5.41) is 14.9. The van der Waals surface area contributed by atoms with E-state index in [0.717, 1.165) is 0 Å². The molecule has 2 rings (SSSR count). The van der Waals surface area contributed by atoms with Gasteiger partial charge in [0, 0.05) is 6.20 Å². The topological polar surface area (TPSA) is 73.9 Å². The number of hydrogen-bond acceptors (Lipinski definition) is 5. The van der Waals surface area contributed by atoms with Crippen LogP contribution in [0, 0.1) is 0 Å². The van der Waals surface area contributed by atoms with Crippen molar-refractivity contribution < 1.29 is 5.11 Å². The van der Waals surface area contributed by atoms with Crippen molar-refractivity contribution in [2.24, 2.45) is 5.10 Å². The first-order chi connectivity index (χ1) is 6.79. The number of nitrogens with two attached hydrogens (primary N) is 1. The highest BCUT2D eigenvalue weighted by atomic mass is 16.3. The van der Waals surface area contributed by atoms with E-state index in [0.29, 0.717) is 11.4 Å². The lowest BCUT2D eigenvalue weighted by Crippen LogP contribution is -2.31. The van der Waals surface area contributed by atoms with Crippen LogP contribution >= 0.6 is 0 Å². The molecule has 1 aromatic rings. The molecular formula is C9H10N4O. The number of allylic oxidation sites excluding steroid dienone is 1. The van der Waals surface area contributed by atoms with Crippen LogP contribution in [0.15, 0.2) is 35.6 Å². The van der Waals surface area contributed by atoms with Crippen LogP contribution in [0.3, 0.4) is 0 Å². The quantitative estimate of drug-likeness (QED) is 0.452. The minimum absolute atomic E-state index is 0.0500. The molecule has 4 N–H and O–H groups in total. The third-order valence-electron chi connectivity index (χ3n) is 1.85. The summed E-state index contributed by atoms with van der Waals surface area (Å²) in [7, 11) is 0. The highest BCUT2D eigenvalue weighted by Gasteiger charge is 2.10. The van der Waals surface area contributed by atoms with E-state index in [1.165, 1.54) is 11.2 Å². The number of nitrogen functional groups attached to an aromatic ring is 1. The van der Waals surface area contributed by atoms with Gasteiger partial charge in [-0.2, -0.15) is 10.2 Å². The zero-order valence-electron chi connectivity index (χ0n) is 7.38. The molecule has 72 valence electrons. The average molecular weight is 190 g/mol. The monoisotopic (exact) mass is 190 g/mol. The van der Waals surface area contributed by atoms with Crippen molar-refractivity contribution in [1.29, 1.82) is 0 Å². The Morgan fingerprint density at radius 1 is 1.43 bits per heavy atom. The number of rotatable bonds is 1. The third-order valence-corrected chi connectivity index (χ3v) is 1.85. The van der Waals surface area contributed by atoms with Crippen molar-refractivity contribution in [1.82, 2.24) is 5.43 Å². The Morgan fingerprint density at radius 2 is 2.29 bits per heavy atom. The van der Waals surface area contributed by atoms with Gasteiger partial charge in [0.2, 0.25) is 0 Å². The summed E-state index contributed by atoms with van der Waals surface area (Å²) in [5.74, 6) is 0.0500. The normalized spacial score (nSPS) is 14.1. The number of hydrazine groups is 1. The van der Waals surface area contributed by atoms with Gasteiger partial charge in [-0.25, -0.2) is 0 Å². The lowest BCUT2D eigenvalue weighted by atomic mass is 10.2. The van der Waals surface area contributed by atoms with E-state index < -0.39 is 0 Å². The van der Waals surface area contributed by atoms with Crippen molar-refractivity contribution in [3.8, 4) is 5.75 Å². The Hall–Kier alpha value is -2.17. The number of hydrazone groups is 1. The molecule has 0 amide bonds. The zero-order chi connectivity index (χ0) is 9.97. The van der Waals surface area contributed by atoms with Crippen molar-refractivity contribution in [3.63, 3.8) is 0 Å². The Bertz CT molecular complexity index is 400. The number of anilines is 2. The standard InChI is InChI=1S/C9H10N4O/c10-9-7(3-1-4-8(9)14)13-11-5-2-6-12-13/h1-6,11,14H,10H2. The van der Waals surface area contributed by atoms with Gasteiger partial charge in [0.15, 0.2) is 0 Å². The van der Waals surface area contributed by atoms with Gasteiger partial charge in [-0.1, -0.05) is 6.07 Å². The number of nitrogens with one attached hydrogen (secondary N) is 1. The van der Waals surface area contributed by atoms with Crippen LogP contribution in [0.2, 0.25) is 0 Å². The lowest BCUT2D eigenvalue weighted by molar-refractivity contribution is 0.478. The fraction of sp³-hybridized carbons (Fsp3) is 0. The van der Waals surface area contributed by atoms with Gasteiger partial charge in [0.25, 0.3) is 0 Å². The molecule has 0 spiro atoms. The summed E-state index contributed by atoms with van der Waals surface area (Å²) < 4.78 is 0. The first-order valence-corrected chi connectivity index (χ1v) is 4.12. The number of phenolic OH excluding ortho intramolecular Hbond substituents is 1. The summed E-state index contributed by atoms with van der Waals surface area (Å²) >= 11 is 0. The Kier molecular flexibility index (Phi) is 1.98. The molecule has 0 saturated heterocycles. The maximum Gasteiger partial charge on any atom is 0.140 e. The Balaban J connectivity index is 2.36. The number of phenols is 1. The minimum atomic E-state index is 0.0500. The van der Waals surface area contributed by atoms with Crippen LogP contribution in [0.4, 0.5) is 11.4 Å². The third kappa shape index (κ3) is 1.35. The second-order valence-corrected chi connectivity index (χ2v) is 2.77. The molecule has 0 aliphatic carbocycles. The van der Waals surface area contributed by atoms with Crippen molar-refractivity contribution in [2.75, 3.05) is 10.9 Å². The van der Waals surface area contributed by atoms with Gasteiger partial charge in [-0.15, -0.1) is 0 Å². The molecule has 0 unspecified atom stereocenters. The second-order valence-electron chi connectivity index (χ2n) is 2.77. The van der Waals surface area contributed by atoms with E-state index in [1.807, 2.05) is 0 Å². The molecule has 14 heavy (non-hydrogen) atoms. The van der Waals surface area contributed by atoms with Crippen molar-refractivity contribution >= 4 is 17.6 Å². The number of aromatic hydroxyl groups is 1. The summed E-state index contributed by atoms with van der Waals surface area (Å²) in [6.07, 6.45) is 5.10. The van der Waals surface area contributed by atoms with Crippen LogP contribution in [0.5, 0.6) is 5.75 Å². The van der Waals surface area contributed by atoms with Crippen LogP contribution in [0.1, 0.15) is 0 Å². The lowest BCUT2D eigenvalue weighted by Gasteiger charge is -2.21. The maximum absolute atomic E-state index is 9.38. The molecule has 1 heterocycles. The first kappa shape index (κ1) is 8.43. The van der Waals surface area contributed by atoms with Crippen LogP contribution in [0.25, 0.3) is 0 Å². The Labute approximate surface area is 81.1 Å². The maximum atomic E-state index is 9.38. The van der Waals surface area contributed by atoms with Gasteiger partial charge in [0.1, 0.15) is 17.1 Å². The minimum Gasteiger partial charge on any atom is -0.506 e. The number of hydrogen-bond donors (Lipinski definition) is 3. The molecule has 0 bridgehead atoms. The molecule has 5 nitrogen and oxygen atoms in total. The van der Waals surface area contributed by atoms with E-state index in [-0.39, 0.29) is 5.75 Å². The van der Waals surface area contributed by atoms with Crippen LogP contribution < -0.4 is 16.3 Å². The molecule has 0 saturated carbocycles. The Morgan fingerprint density at radius 3 is 3.00 bits per heavy atom. The van der Waals surface area contributed by atoms with Crippen molar-refractivity contribution in [3.05, 3.63) is 30.5 Å². The number of nitrogens with zero attached hydrogens (tertiary/aromatic N) is 2. The highest BCUT2D eigenvalue weighted by Crippen LogP contribution is 2.30. The fourth-order valence-electron chi connectivity index (χ4n) is 1.15. The highest BCUT2D eigenvalue weighted by molar-refractivity contribution is 5.77. The van der Waals surface area contributed by atoms with Gasteiger partial charge in [0.05, 0.1) is 6.21 Å². The predicted molar refractivity (Wildman–Crippen MR) is 55.8 cm³/mol. The van der Waals surface area contributed by atoms with Gasteiger partial charge in [-0.3, -0.25) is 5.43 Å². The zero-order valence-corrected chi connectivity index (χ0v) is 7.38. The summed E-state index contributed by atoms with van der Waals surface area (Å²) in [6, 6.07) is 5.00. The van der Waals surface area contributed by atoms with Crippen LogP contribution in [-0.2, 0) is 0 Å². The molecule has 1 aliphatic rings. The van der Waals surface area contributed by atoms with E-state index in [1.54, 1.807) is 30.6 Å². The molecule has 0 radical (unpaired) electrons. The molecule has 5 heteroatoms. The van der Waals surface area contributed by atoms with Gasteiger partial charge >= 0.3 is 0 Å². The summed E-state index contributed by atoms with van der Waals surface area (Å²) in [4.78, 5) is 0. The van der Waals surface area contributed by atoms with Gasteiger partial charge < -0.3 is 10.8 Å². The molecular weight excluding hydrogens is 180 g/mol. The molecule has 1 aliphatic heterocycles. The van der Waals surface area contributed by atoms with E-state index in [2.05, 4.69) is 10.5 Å². The van der Waals surface area contributed by atoms with Crippen LogP contribution in [-0.4, -0.2) is 11.3 Å².